The summed E-state index contributed by atoms with van der Waals surface area (Å²) < 4.78 is 57.6. The first-order valence-corrected chi connectivity index (χ1v) is 6.05. The van der Waals surface area contributed by atoms with Gasteiger partial charge in [-0.05, 0) is 18.6 Å². The fourth-order valence-corrected chi connectivity index (χ4v) is 2.17. The molecular formula is C12H12F4N2O3. The molecule has 1 aromatic rings. The molecule has 1 aliphatic rings. The van der Waals surface area contributed by atoms with Crippen LogP contribution in [-0.4, -0.2) is 24.6 Å². The summed E-state index contributed by atoms with van der Waals surface area (Å²) in [6.45, 7) is 2.43. The number of hydrogen-bond acceptors (Lipinski definition) is 4. The van der Waals surface area contributed by atoms with Crippen molar-refractivity contribution in [3.8, 4) is 0 Å². The van der Waals surface area contributed by atoms with Crippen molar-refractivity contribution in [2.45, 2.75) is 18.7 Å². The Hall–Kier alpha value is -1.74. The van der Waals surface area contributed by atoms with Crippen LogP contribution in [0.1, 0.15) is 18.1 Å². The Kier molecular flexibility index (Phi) is 3.89. The van der Waals surface area contributed by atoms with Crippen molar-refractivity contribution in [1.29, 1.82) is 0 Å². The Morgan fingerprint density at radius 3 is 2.57 bits per heavy atom. The van der Waals surface area contributed by atoms with Gasteiger partial charge in [0.1, 0.15) is 5.60 Å². The van der Waals surface area contributed by atoms with Gasteiger partial charge in [-0.15, -0.1) is 0 Å². The maximum atomic E-state index is 13.7. The second-order valence-electron chi connectivity index (χ2n) is 4.87. The number of hydrogen-bond donors (Lipinski definition) is 1. The first kappa shape index (κ1) is 15.6. The van der Waals surface area contributed by atoms with Gasteiger partial charge in [-0.25, -0.2) is 0 Å². The molecule has 1 aromatic carbocycles. The molecule has 9 heteroatoms. The minimum absolute atomic E-state index is 0.0878. The minimum atomic E-state index is -5.02. The van der Waals surface area contributed by atoms with Crippen LogP contribution in [0.25, 0.3) is 0 Å². The van der Waals surface area contributed by atoms with Gasteiger partial charge in [0.15, 0.2) is 0 Å². The van der Waals surface area contributed by atoms with Crippen LogP contribution in [0.5, 0.6) is 0 Å². The fourth-order valence-electron chi connectivity index (χ4n) is 2.17. The quantitative estimate of drug-likeness (QED) is 0.518. The summed E-state index contributed by atoms with van der Waals surface area (Å²) in [5.41, 5.74) is -4.15. The van der Waals surface area contributed by atoms with Gasteiger partial charge < -0.3 is 10.1 Å². The van der Waals surface area contributed by atoms with Gasteiger partial charge in [-0.1, -0.05) is 0 Å². The number of nitro groups is 1. The summed E-state index contributed by atoms with van der Waals surface area (Å²) in [7, 11) is 0. The summed E-state index contributed by atoms with van der Waals surface area (Å²) >= 11 is 0. The molecule has 0 saturated carbocycles. The van der Waals surface area contributed by atoms with Crippen LogP contribution in [0.15, 0.2) is 12.1 Å². The average molecular weight is 308 g/mol. The van der Waals surface area contributed by atoms with E-state index in [1.165, 1.54) is 6.92 Å². The zero-order chi connectivity index (χ0) is 15.8. The molecule has 1 aliphatic heterocycles. The molecule has 1 atom stereocenters. The van der Waals surface area contributed by atoms with E-state index in [4.69, 9.17) is 4.74 Å². The monoisotopic (exact) mass is 308 g/mol. The van der Waals surface area contributed by atoms with E-state index < -0.39 is 33.8 Å². The SMILES string of the molecule is C[C@@]1(c2cc([N+](=O)[O-])c(F)c(C(F)(F)F)c2)CNCCO1. The van der Waals surface area contributed by atoms with Crippen molar-refractivity contribution in [2.75, 3.05) is 19.7 Å². The Morgan fingerprint density at radius 1 is 1.43 bits per heavy atom. The molecule has 1 saturated heterocycles. The smallest absolute Gasteiger partial charge is 0.368 e. The molecule has 0 amide bonds. The predicted octanol–water partition coefficient (Wildman–Crippen LogP) is 2.59. The standard InChI is InChI=1S/C12H12F4N2O3/c1-11(6-17-2-3-21-11)7-4-8(12(14,15)16)10(13)9(5-7)18(19)20/h4-5,17H,2-3,6H2,1H3/t11-/m0/s1. The zero-order valence-corrected chi connectivity index (χ0v) is 11.0. The highest BCUT2D eigenvalue weighted by Crippen LogP contribution is 2.39. The number of nitrogens with one attached hydrogen (secondary N) is 1. The van der Waals surface area contributed by atoms with Crippen molar-refractivity contribution < 1.29 is 27.2 Å². The van der Waals surface area contributed by atoms with E-state index in [-0.39, 0.29) is 18.7 Å². The third-order valence-electron chi connectivity index (χ3n) is 3.33. The van der Waals surface area contributed by atoms with Gasteiger partial charge >= 0.3 is 11.9 Å². The maximum absolute atomic E-state index is 13.7. The van der Waals surface area contributed by atoms with E-state index in [0.29, 0.717) is 12.6 Å². The van der Waals surface area contributed by atoms with E-state index in [9.17, 15) is 27.7 Å². The third-order valence-corrected chi connectivity index (χ3v) is 3.33. The summed E-state index contributed by atoms with van der Waals surface area (Å²) in [4.78, 5) is 9.61. The highest BCUT2D eigenvalue weighted by Gasteiger charge is 2.41. The number of morpholine rings is 1. The largest absolute Gasteiger partial charge is 0.419 e. The topological polar surface area (TPSA) is 64.4 Å². The normalized spacial score (nSPS) is 23.1. The van der Waals surface area contributed by atoms with Crippen molar-refractivity contribution in [3.05, 3.63) is 39.2 Å². The van der Waals surface area contributed by atoms with Crippen molar-refractivity contribution in [3.63, 3.8) is 0 Å². The Morgan fingerprint density at radius 2 is 2.10 bits per heavy atom. The second-order valence-corrected chi connectivity index (χ2v) is 4.87. The van der Waals surface area contributed by atoms with Crippen LogP contribution in [0.2, 0.25) is 0 Å². The molecule has 21 heavy (non-hydrogen) atoms. The molecule has 0 radical (unpaired) electrons. The van der Waals surface area contributed by atoms with Gasteiger partial charge in [0.05, 0.1) is 17.1 Å². The van der Waals surface area contributed by atoms with Crippen molar-refractivity contribution in [2.24, 2.45) is 0 Å². The van der Waals surface area contributed by atoms with Gasteiger partial charge in [0, 0.05) is 19.2 Å². The lowest BCUT2D eigenvalue weighted by Crippen LogP contribution is -2.45. The highest BCUT2D eigenvalue weighted by molar-refractivity contribution is 5.44. The Balaban J connectivity index is 2.62. The van der Waals surface area contributed by atoms with Crippen LogP contribution in [-0.2, 0) is 16.5 Å². The van der Waals surface area contributed by atoms with Crippen LogP contribution < -0.4 is 5.32 Å². The molecule has 1 heterocycles. The average Bonchev–Trinajstić information content (AvgIpc) is 2.37. The van der Waals surface area contributed by atoms with Crippen LogP contribution >= 0.6 is 0 Å². The summed E-state index contributed by atoms with van der Waals surface area (Å²) in [5.74, 6) is -1.89. The van der Waals surface area contributed by atoms with E-state index in [0.717, 1.165) is 6.07 Å². The van der Waals surface area contributed by atoms with Gasteiger partial charge in [-0.2, -0.15) is 17.6 Å². The zero-order valence-electron chi connectivity index (χ0n) is 11.0. The van der Waals surface area contributed by atoms with E-state index in [1.54, 1.807) is 0 Å². The van der Waals surface area contributed by atoms with E-state index >= 15 is 0 Å². The van der Waals surface area contributed by atoms with Crippen LogP contribution in [0.4, 0.5) is 23.2 Å². The van der Waals surface area contributed by atoms with Crippen LogP contribution in [0.3, 0.4) is 0 Å². The molecular weight excluding hydrogens is 296 g/mol. The number of rotatable bonds is 2. The maximum Gasteiger partial charge on any atom is 0.419 e. The number of alkyl halides is 3. The molecule has 5 nitrogen and oxygen atoms in total. The van der Waals surface area contributed by atoms with Gasteiger partial charge in [0.2, 0.25) is 5.82 Å². The first-order valence-electron chi connectivity index (χ1n) is 6.05. The summed E-state index contributed by atoms with van der Waals surface area (Å²) in [6, 6.07) is 1.35. The number of nitrogens with zero attached hydrogens (tertiary/aromatic N) is 1. The van der Waals surface area contributed by atoms with E-state index in [1.807, 2.05) is 0 Å². The Bertz CT molecular complexity index is 568. The molecule has 0 bridgehead atoms. The summed E-state index contributed by atoms with van der Waals surface area (Å²) in [6.07, 6.45) is -5.02. The fraction of sp³-hybridized carbons (Fsp3) is 0.500. The third kappa shape index (κ3) is 2.98. The van der Waals surface area contributed by atoms with Gasteiger partial charge in [0.25, 0.3) is 0 Å². The molecule has 2 rings (SSSR count). The van der Waals surface area contributed by atoms with Crippen molar-refractivity contribution >= 4 is 5.69 Å². The minimum Gasteiger partial charge on any atom is -0.368 e. The molecule has 0 unspecified atom stereocenters. The summed E-state index contributed by atoms with van der Waals surface area (Å²) in [5, 5.41) is 13.7. The number of ether oxygens (including phenoxy) is 1. The van der Waals surface area contributed by atoms with Gasteiger partial charge in [-0.3, -0.25) is 10.1 Å². The molecule has 1 fully saturated rings. The number of halogens is 4. The predicted molar refractivity (Wildman–Crippen MR) is 64.2 cm³/mol. The molecule has 0 aromatic heterocycles. The number of nitro benzene ring substituents is 1. The Labute approximate surface area is 117 Å². The second kappa shape index (κ2) is 5.23. The molecule has 116 valence electrons. The lowest BCUT2D eigenvalue weighted by Gasteiger charge is -2.35. The van der Waals surface area contributed by atoms with Crippen molar-refractivity contribution in [1.82, 2.24) is 5.32 Å². The first-order chi connectivity index (χ1) is 9.65. The molecule has 0 spiro atoms. The molecule has 1 N–H and O–H groups in total. The lowest BCUT2D eigenvalue weighted by molar-refractivity contribution is -0.388. The number of benzene rings is 1. The highest BCUT2D eigenvalue weighted by atomic mass is 19.4. The molecule has 0 aliphatic carbocycles. The van der Waals surface area contributed by atoms with E-state index in [2.05, 4.69) is 5.32 Å². The van der Waals surface area contributed by atoms with Crippen LogP contribution in [0, 0.1) is 15.9 Å². The lowest BCUT2D eigenvalue weighted by atomic mass is 9.92.